The molecule has 0 aliphatic heterocycles. The fourth-order valence-corrected chi connectivity index (χ4v) is 0.719. The Balaban J connectivity index is 0.000000810. The Morgan fingerprint density at radius 2 is 1.90 bits per heavy atom. The molecule has 0 atom stereocenters. The Hall–Kier alpha value is -0.396. The maximum Gasteiger partial charge on any atom is 0.150 e. The third kappa shape index (κ3) is 2.09. The summed E-state index contributed by atoms with van der Waals surface area (Å²) in [6.45, 7) is 1.92. The van der Waals surface area contributed by atoms with Gasteiger partial charge in [-0.25, -0.2) is 0 Å². The number of aldehydes is 1. The number of carbonyl (C=O) groups is 1. The van der Waals surface area contributed by atoms with Crippen molar-refractivity contribution in [2.45, 2.75) is 6.92 Å². The molecule has 1 aromatic carbocycles. The molecular weight excluding hydrogens is 160 g/mol. The molecule has 0 N–H and O–H groups in total. The summed E-state index contributed by atoms with van der Waals surface area (Å²) in [4.78, 5) is 10.2. The molecule has 50 valence electrons. The predicted molar refractivity (Wildman–Crippen MR) is 36.6 cm³/mol. The monoisotopic (exact) mass is 168 g/mol. The van der Waals surface area contributed by atoms with Crippen molar-refractivity contribution in [3.63, 3.8) is 0 Å². The maximum atomic E-state index is 10.2. The molecule has 1 nitrogen and oxygen atoms in total. The molecule has 0 aliphatic rings. The van der Waals surface area contributed by atoms with Crippen molar-refractivity contribution in [3.05, 3.63) is 35.4 Å². The molecule has 0 bridgehead atoms. The van der Waals surface area contributed by atoms with Crippen molar-refractivity contribution in [3.8, 4) is 0 Å². The van der Waals surface area contributed by atoms with Gasteiger partial charge in [0.05, 0.1) is 0 Å². The number of aryl methyl sites for hydroxylation is 1. The molecule has 0 unspecified atom stereocenters. The van der Waals surface area contributed by atoms with Gasteiger partial charge in [0.1, 0.15) is 6.29 Å². The zero-order chi connectivity index (χ0) is 6.69. The van der Waals surface area contributed by atoms with Crippen LogP contribution in [-0.2, 0) is 21.7 Å². The predicted octanol–water partition coefficient (Wildman–Crippen LogP) is 1.81. The molecule has 0 amide bonds. The second-order valence-corrected chi connectivity index (χ2v) is 1.97. The Kier molecular flexibility index (Phi) is 4.25. The van der Waals surface area contributed by atoms with Crippen molar-refractivity contribution in [1.29, 1.82) is 0 Å². The topological polar surface area (TPSA) is 17.1 Å². The van der Waals surface area contributed by atoms with Gasteiger partial charge in [0.2, 0.25) is 0 Å². The van der Waals surface area contributed by atoms with Crippen LogP contribution in [-0.4, -0.2) is 6.29 Å². The van der Waals surface area contributed by atoms with E-state index in [4.69, 9.17) is 0 Å². The summed E-state index contributed by atoms with van der Waals surface area (Å²) in [7, 11) is 0. The minimum absolute atomic E-state index is 0. The van der Waals surface area contributed by atoms with Gasteiger partial charge in [0.25, 0.3) is 0 Å². The zero-order valence-corrected chi connectivity index (χ0v) is 7.36. The molecule has 0 spiro atoms. The van der Waals surface area contributed by atoms with Crippen LogP contribution in [0.5, 0.6) is 0 Å². The normalized spacial score (nSPS) is 8.10. The van der Waals surface area contributed by atoms with Crippen LogP contribution in [0.3, 0.4) is 0 Å². The van der Waals surface area contributed by atoms with Gasteiger partial charge in [-0.1, -0.05) is 24.3 Å². The van der Waals surface area contributed by atoms with Crippen LogP contribution in [0.25, 0.3) is 0 Å². The molecular formula is C8H8OTi. The van der Waals surface area contributed by atoms with E-state index in [2.05, 4.69) is 0 Å². The largest absolute Gasteiger partial charge is 0.298 e. The Morgan fingerprint density at radius 1 is 1.30 bits per heavy atom. The Morgan fingerprint density at radius 3 is 2.30 bits per heavy atom. The van der Waals surface area contributed by atoms with Gasteiger partial charge in [-0.05, 0) is 12.5 Å². The van der Waals surface area contributed by atoms with E-state index < -0.39 is 0 Å². The summed E-state index contributed by atoms with van der Waals surface area (Å²) in [5, 5.41) is 0. The number of benzene rings is 1. The van der Waals surface area contributed by atoms with Crippen LogP contribution in [0.2, 0.25) is 0 Å². The van der Waals surface area contributed by atoms with E-state index in [1.807, 2.05) is 31.2 Å². The third-order valence-electron chi connectivity index (χ3n) is 1.32. The first-order chi connectivity index (χ1) is 4.34. The summed E-state index contributed by atoms with van der Waals surface area (Å²) in [5.74, 6) is 0. The maximum absolute atomic E-state index is 10.2. The van der Waals surface area contributed by atoms with Gasteiger partial charge in [-0.2, -0.15) is 0 Å². The first kappa shape index (κ1) is 9.60. The van der Waals surface area contributed by atoms with E-state index in [-0.39, 0.29) is 21.7 Å². The van der Waals surface area contributed by atoms with Gasteiger partial charge in [0.15, 0.2) is 0 Å². The summed E-state index contributed by atoms with van der Waals surface area (Å²) < 4.78 is 0. The van der Waals surface area contributed by atoms with Gasteiger partial charge in [-0.15, -0.1) is 0 Å². The van der Waals surface area contributed by atoms with E-state index in [0.29, 0.717) is 0 Å². The molecule has 2 heteroatoms. The average molecular weight is 168 g/mol. The fourth-order valence-electron chi connectivity index (χ4n) is 0.719. The van der Waals surface area contributed by atoms with E-state index in [9.17, 15) is 4.79 Å². The minimum Gasteiger partial charge on any atom is -0.298 e. The molecule has 0 heterocycles. The SMILES string of the molecule is Cc1ccccc1C=O.[Ti]. The molecule has 0 fully saturated rings. The molecule has 0 saturated carbocycles. The van der Waals surface area contributed by atoms with E-state index in [1.165, 1.54) is 0 Å². The Bertz CT molecular complexity index is 220. The molecule has 0 aromatic heterocycles. The van der Waals surface area contributed by atoms with Crippen molar-refractivity contribution in [2.75, 3.05) is 0 Å². The quantitative estimate of drug-likeness (QED) is 0.461. The third-order valence-corrected chi connectivity index (χ3v) is 1.32. The van der Waals surface area contributed by atoms with Gasteiger partial charge in [-0.3, -0.25) is 4.79 Å². The van der Waals surface area contributed by atoms with E-state index in [1.54, 1.807) is 0 Å². The second-order valence-electron chi connectivity index (χ2n) is 1.97. The fraction of sp³-hybridized carbons (Fsp3) is 0.125. The zero-order valence-electron chi connectivity index (χ0n) is 5.79. The number of carbonyl (C=O) groups excluding carboxylic acids is 1. The molecule has 0 saturated heterocycles. The first-order valence-corrected chi connectivity index (χ1v) is 2.85. The van der Waals surface area contributed by atoms with Gasteiger partial charge in [0, 0.05) is 27.3 Å². The summed E-state index contributed by atoms with van der Waals surface area (Å²) >= 11 is 0. The van der Waals surface area contributed by atoms with Gasteiger partial charge < -0.3 is 0 Å². The number of hydrogen-bond acceptors (Lipinski definition) is 1. The van der Waals surface area contributed by atoms with Gasteiger partial charge >= 0.3 is 0 Å². The molecule has 1 rings (SSSR count). The Labute approximate surface area is 75.3 Å². The minimum atomic E-state index is 0. The van der Waals surface area contributed by atoms with Crippen LogP contribution >= 0.6 is 0 Å². The van der Waals surface area contributed by atoms with Crippen molar-refractivity contribution in [1.82, 2.24) is 0 Å². The standard InChI is InChI=1S/C8H8O.Ti/c1-7-4-2-3-5-8(7)6-9;/h2-6H,1H3;. The summed E-state index contributed by atoms with van der Waals surface area (Å²) in [6, 6.07) is 7.51. The van der Waals surface area contributed by atoms with Crippen LogP contribution in [0, 0.1) is 6.92 Å². The molecule has 0 radical (unpaired) electrons. The van der Waals surface area contributed by atoms with Crippen LogP contribution in [0.15, 0.2) is 24.3 Å². The van der Waals surface area contributed by atoms with Crippen molar-refractivity contribution >= 4 is 6.29 Å². The van der Waals surface area contributed by atoms with Crippen LogP contribution in [0.1, 0.15) is 15.9 Å². The molecule has 10 heavy (non-hydrogen) atoms. The van der Waals surface area contributed by atoms with Crippen molar-refractivity contribution in [2.24, 2.45) is 0 Å². The van der Waals surface area contributed by atoms with Crippen LogP contribution < -0.4 is 0 Å². The number of rotatable bonds is 1. The smallest absolute Gasteiger partial charge is 0.150 e. The van der Waals surface area contributed by atoms with Crippen molar-refractivity contribution < 1.29 is 26.5 Å². The molecule has 1 aromatic rings. The van der Waals surface area contributed by atoms with E-state index >= 15 is 0 Å². The van der Waals surface area contributed by atoms with Crippen LogP contribution in [0.4, 0.5) is 0 Å². The first-order valence-electron chi connectivity index (χ1n) is 2.85. The van der Waals surface area contributed by atoms with E-state index in [0.717, 1.165) is 17.4 Å². The molecule has 0 aliphatic carbocycles. The second kappa shape index (κ2) is 4.42. The summed E-state index contributed by atoms with van der Waals surface area (Å²) in [5.41, 5.74) is 1.81. The average Bonchev–Trinajstić information content (AvgIpc) is 1.89. The number of hydrogen-bond donors (Lipinski definition) is 0. The summed E-state index contributed by atoms with van der Waals surface area (Å²) in [6.07, 6.45) is 0.870.